The lowest BCUT2D eigenvalue weighted by Crippen LogP contribution is -2.38. The van der Waals surface area contributed by atoms with E-state index in [-0.39, 0.29) is 0 Å². The molecule has 106 valence electrons. The first-order valence-electron chi connectivity index (χ1n) is 7.09. The lowest BCUT2D eigenvalue weighted by Gasteiger charge is -2.22. The van der Waals surface area contributed by atoms with Crippen molar-refractivity contribution in [3.63, 3.8) is 0 Å². The molecule has 0 aromatic heterocycles. The van der Waals surface area contributed by atoms with Crippen molar-refractivity contribution in [2.24, 2.45) is 0 Å². The molecule has 0 amide bonds. The first kappa shape index (κ1) is 15.3. The largest absolute Gasteiger partial charge is 0.0838 e. The predicted octanol–water partition coefficient (Wildman–Crippen LogP) is 5.48. The van der Waals surface area contributed by atoms with Crippen LogP contribution in [0, 0.1) is 20.8 Å². The van der Waals surface area contributed by atoms with Gasteiger partial charge in [-0.15, -0.1) is 0 Å². The van der Waals surface area contributed by atoms with Crippen LogP contribution in [0.1, 0.15) is 16.7 Å². The van der Waals surface area contributed by atoms with Gasteiger partial charge in [0.25, 0.3) is 0 Å². The summed E-state index contributed by atoms with van der Waals surface area (Å²) >= 11 is 6.78. The minimum absolute atomic E-state index is 0.951. The quantitative estimate of drug-likeness (QED) is 0.645. The van der Waals surface area contributed by atoms with Gasteiger partial charge in [0.2, 0.25) is 0 Å². The van der Waals surface area contributed by atoms with Crippen molar-refractivity contribution >= 4 is 24.9 Å². The van der Waals surface area contributed by atoms with Crippen LogP contribution in [0.4, 0.5) is 0 Å². The molecule has 2 aromatic carbocycles. The SMILES string of the molecule is Cc1cc(-c2c(C)cccc2C)c(Cl)c([Si](C)(C)C)c1. The summed E-state index contributed by atoms with van der Waals surface area (Å²) in [4.78, 5) is 0. The van der Waals surface area contributed by atoms with Crippen LogP contribution in [0.15, 0.2) is 30.3 Å². The molecule has 0 bridgehead atoms. The Labute approximate surface area is 128 Å². The van der Waals surface area contributed by atoms with Crippen molar-refractivity contribution in [2.45, 2.75) is 40.4 Å². The lowest BCUT2D eigenvalue weighted by molar-refractivity contribution is 1.37. The molecule has 0 aliphatic heterocycles. The second-order valence-corrected chi connectivity index (χ2v) is 12.1. The fourth-order valence-corrected chi connectivity index (χ4v) is 5.24. The predicted molar refractivity (Wildman–Crippen MR) is 94.1 cm³/mol. The van der Waals surface area contributed by atoms with Crippen molar-refractivity contribution in [1.82, 2.24) is 0 Å². The molecule has 2 aromatic rings. The Morgan fingerprint density at radius 1 is 0.900 bits per heavy atom. The molecule has 0 unspecified atom stereocenters. The third-order valence-corrected chi connectivity index (χ3v) is 6.35. The van der Waals surface area contributed by atoms with Crippen molar-refractivity contribution in [3.05, 3.63) is 52.0 Å². The number of benzene rings is 2. The van der Waals surface area contributed by atoms with Gasteiger partial charge in [-0.25, -0.2) is 0 Å². The van der Waals surface area contributed by atoms with E-state index in [9.17, 15) is 0 Å². The smallest absolute Gasteiger partial charge is 0.0795 e. The second kappa shape index (κ2) is 5.38. The van der Waals surface area contributed by atoms with Gasteiger partial charge in [-0.05, 0) is 48.7 Å². The topological polar surface area (TPSA) is 0 Å². The van der Waals surface area contributed by atoms with E-state index in [2.05, 4.69) is 70.7 Å². The van der Waals surface area contributed by atoms with E-state index < -0.39 is 8.07 Å². The fraction of sp³-hybridized carbons (Fsp3) is 0.333. The Kier molecular flexibility index (Phi) is 4.13. The van der Waals surface area contributed by atoms with Crippen LogP contribution in [-0.2, 0) is 0 Å². The van der Waals surface area contributed by atoms with Crippen LogP contribution >= 0.6 is 11.6 Å². The van der Waals surface area contributed by atoms with Crippen molar-refractivity contribution in [1.29, 1.82) is 0 Å². The number of rotatable bonds is 2. The van der Waals surface area contributed by atoms with Crippen LogP contribution < -0.4 is 5.19 Å². The van der Waals surface area contributed by atoms with Gasteiger partial charge in [-0.2, -0.15) is 0 Å². The minimum Gasteiger partial charge on any atom is -0.0838 e. The van der Waals surface area contributed by atoms with Crippen LogP contribution in [0.2, 0.25) is 24.7 Å². The Morgan fingerprint density at radius 2 is 1.45 bits per heavy atom. The number of hydrogen-bond donors (Lipinski definition) is 0. The normalized spacial score (nSPS) is 11.8. The molecule has 0 nitrogen and oxygen atoms in total. The second-order valence-electron chi connectivity index (χ2n) is 6.69. The Morgan fingerprint density at radius 3 is 1.95 bits per heavy atom. The fourth-order valence-electron chi connectivity index (χ4n) is 2.74. The highest BCUT2D eigenvalue weighted by Gasteiger charge is 2.23. The molecule has 0 fully saturated rings. The zero-order valence-corrected chi connectivity index (χ0v) is 15.0. The average molecular weight is 303 g/mol. The molecule has 0 saturated carbocycles. The summed E-state index contributed by atoms with van der Waals surface area (Å²) in [7, 11) is -1.44. The molecular formula is C18H23ClSi. The zero-order chi connectivity index (χ0) is 15.1. The van der Waals surface area contributed by atoms with E-state index in [4.69, 9.17) is 11.6 Å². The van der Waals surface area contributed by atoms with Crippen LogP contribution in [0.3, 0.4) is 0 Å². The van der Waals surface area contributed by atoms with Gasteiger partial charge < -0.3 is 0 Å². The molecule has 0 spiro atoms. The van der Waals surface area contributed by atoms with Crippen molar-refractivity contribution in [3.8, 4) is 11.1 Å². The zero-order valence-electron chi connectivity index (χ0n) is 13.3. The Bertz CT molecular complexity index is 631. The van der Waals surface area contributed by atoms with Crippen molar-refractivity contribution in [2.75, 3.05) is 0 Å². The lowest BCUT2D eigenvalue weighted by atomic mass is 9.95. The highest BCUT2D eigenvalue weighted by Crippen LogP contribution is 2.33. The first-order valence-corrected chi connectivity index (χ1v) is 11.0. The molecule has 0 heterocycles. The summed E-state index contributed by atoms with van der Waals surface area (Å²) in [5, 5.41) is 2.31. The van der Waals surface area contributed by atoms with E-state index in [0.29, 0.717) is 0 Å². The minimum atomic E-state index is -1.44. The van der Waals surface area contributed by atoms with E-state index >= 15 is 0 Å². The van der Waals surface area contributed by atoms with Gasteiger partial charge >= 0.3 is 0 Å². The molecule has 20 heavy (non-hydrogen) atoms. The first-order chi connectivity index (χ1) is 9.21. The summed E-state index contributed by atoms with van der Waals surface area (Å²) in [6, 6.07) is 10.9. The highest BCUT2D eigenvalue weighted by atomic mass is 35.5. The summed E-state index contributed by atoms with van der Waals surface area (Å²) in [5.74, 6) is 0. The maximum Gasteiger partial charge on any atom is 0.0795 e. The molecule has 0 N–H and O–H groups in total. The monoisotopic (exact) mass is 302 g/mol. The molecule has 0 aliphatic carbocycles. The third-order valence-electron chi connectivity index (χ3n) is 3.78. The summed E-state index contributed by atoms with van der Waals surface area (Å²) in [5.41, 5.74) is 6.36. The average Bonchev–Trinajstić information content (AvgIpc) is 2.31. The van der Waals surface area contributed by atoms with Gasteiger partial charge in [0.05, 0.1) is 8.07 Å². The van der Waals surface area contributed by atoms with E-state index in [1.807, 2.05) is 0 Å². The van der Waals surface area contributed by atoms with Gasteiger partial charge in [-0.3, -0.25) is 0 Å². The summed E-state index contributed by atoms with van der Waals surface area (Å²) in [6.45, 7) is 13.5. The molecular weight excluding hydrogens is 280 g/mol. The van der Waals surface area contributed by atoms with Gasteiger partial charge in [0, 0.05) is 10.6 Å². The van der Waals surface area contributed by atoms with E-state index in [1.54, 1.807) is 0 Å². The van der Waals surface area contributed by atoms with Gasteiger partial charge in [-0.1, -0.05) is 61.1 Å². The molecule has 0 aliphatic rings. The number of hydrogen-bond acceptors (Lipinski definition) is 0. The van der Waals surface area contributed by atoms with Crippen LogP contribution in [-0.4, -0.2) is 8.07 Å². The van der Waals surface area contributed by atoms with E-state index in [1.165, 1.54) is 33.0 Å². The van der Waals surface area contributed by atoms with E-state index in [0.717, 1.165) is 5.02 Å². The Hall–Kier alpha value is -1.05. The maximum absolute atomic E-state index is 6.78. The molecule has 0 atom stereocenters. The molecule has 2 heteroatoms. The summed E-state index contributed by atoms with van der Waals surface area (Å²) < 4.78 is 0. The molecule has 0 radical (unpaired) electrons. The van der Waals surface area contributed by atoms with Crippen molar-refractivity contribution < 1.29 is 0 Å². The number of halogens is 1. The standard InChI is InChI=1S/C18H23ClSi/c1-12-10-15(17-13(2)8-7-9-14(17)3)18(19)16(11-12)20(4,5)6/h7-11H,1-6H3. The molecule has 0 saturated heterocycles. The van der Waals surface area contributed by atoms with Gasteiger partial charge in [0.15, 0.2) is 0 Å². The number of aryl methyl sites for hydroxylation is 3. The van der Waals surface area contributed by atoms with Crippen LogP contribution in [0.25, 0.3) is 11.1 Å². The highest BCUT2D eigenvalue weighted by molar-refractivity contribution is 6.90. The third kappa shape index (κ3) is 2.84. The van der Waals surface area contributed by atoms with Crippen LogP contribution in [0.5, 0.6) is 0 Å². The summed E-state index contributed by atoms with van der Waals surface area (Å²) in [6.07, 6.45) is 0. The Balaban J connectivity index is 2.79. The van der Waals surface area contributed by atoms with Gasteiger partial charge in [0.1, 0.15) is 0 Å². The maximum atomic E-state index is 6.78. The molecule has 2 rings (SSSR count).